The number of benzene rings is 1. The van der Waals surface area contributed by atoms with Crippen molar-refractivity contribution < 1.29 is 9.53 Å². The number of methoxy groups -OCH3 is 1. The van der Waals surface area contributed by atoms with Crippen molar-refractivity contribution >= 4 is 17.7 Å². The SMILES string of the molecule is COC(=O)C(CSc1ncnn1C)c1ccccc1. The number of hydrogen-bond acceptors (Lipinski definition) is 5. The number of aryl methyl sites for hydroxylation is 1. The van der Waals surface area contributed by atoms with Gasteiger partial charge in [-0.25, -0.2) is 9.67 Å². The lowest BCUT2D eigenvalue weighted by atomic mass is 10.0. The highest BCUT2D eigenvalue weighted by Crippen LogP contribution is 2.25. The number of ether oxygens (including phenoxy) is 1. The van der Waals surface area contributed by atoms with E-state index in [2.05, 4.69) is 10.1 Å². The number of esters is 1. The van der Waals surface area contributed by atoms with Gasteiger partial charge in [0.25, 0.3) is 0 Å². The summed E-state index contributed by atoms with van der Waals surface area (Å²) in [5.74, 6) is 0.0391. The molecule has 19 heavy (non-hydrogen) atoms. The molecule has 0 bridgehead atoms. The molecule has 0 N–H and O–H groups in total. The van der Waals surface area contributed by atoms with Gasteiger partial charge in [-0.05, 0) is 5.56 Å². The Morgan fingerprint density at radius 1 is 1.42 bits per heavy atom. The molecule has 0 radical (unpaired) electrons. The molecule has 0 aliphatic rings. The molecule has 0 amide bonds. The van der Waals surface area contributed by atoms with E-state index in [1.54, 1.807) is 4.68 Å². The molecule has 1 atom stereocenters. The molecular weight excluding hydrogens is 262 g/mol. The lowest BCUT2D eigenvalue weighted by Crippen LogP contribution is -2.17. The summed E-state index contributed by atoms with van der Waals surface area (Å²) >= 11 is 1.49. The van der Waals surface area contributed by atoms with Gasteiger partial charge >= 0.3 is 5.97 Å². The van der Waals surface area contributed by atoms with E-state index in [0.29, 0.717) is 5.75 Å². The van der Waals surface area contributed by atoms with Crippen molar-refractivity contribution in [3.8, 4) is 0 Å². The van der Waals surface area contributed by atoms with Gasteiger partial charge in [0.1, 0.15) is 6.33 Å². The molecule has 2 aromatic rings. The van der Waals surface area contributed by atoms with E-state index < -0.39 is 0 Å². The third kappa shape index (κ3) is 3.35. The summed E-state index contributed by atoms with van der Waals surface area (Å²) in [6.45, 7) is 0. The van der Waals surface area contributed by atoms with Crippen LogP contribution in [0.15, 0.2) is 41.8 Å². The van der Waals surface area contributed by atoms with E-state index in [1.807, 2.05) is 37.4 Å². The molecule has 1 heterocycles. The molecule has 1 aromatic heterocycles. The minimum Gasteiger partial charge on any atom is -0.469 e. The molecule has 2 rings (SSSR count). The van der Waals surface area contributed by atoms with Gasteiger partial charge in [0, 0.05) is 12.8 Å². The van der Waals surface area contributed by atoms with Crippen molar-refractivity contribution in [3.63, 3.8) is 0 Å². The molecule has 100 valence electrons. The summed E-state index contributed by atoms with van der Waals surface area (Å²) in [5, 5.41) is 4.78. The molecule has 0 spiro atoms. The van der Waals surface area contributed by atoms with Crippen molar-refractivity contribution in [1.29, 1.82) is 0 Å². The highest BCUT2D eigenvalue weighted by atomic mass is 32.2. The van der Waals surface area contributed by atoms with Crippen LogP contribution in [0.25, 0.3) is 0 Å². The fourth-order valence-electron chi connectivity index (χ4n) is 1.70. The molecule has 1 aromatic carbocycles. The number of nitrogens with zero attached hydrogens (tertiary/aromatic N) is 3. The zero-order valence-electron chi connectivity index (χ0n) is 10.8. The lowest BCUT2D eigenvalue weighted by molar-refractivity contribution is -0.141. The van der Waals surface area contributed by atoms with Gasteiger partial charge in [0.15, 0.2) is 5.16 Å². The fourth-order valence-corrected chi connectivity index (χ4v) is 2.70. The van der Waals surface area contributed by atoms with Crippen LogP contribution >= 0.6 is 11.8 Å². The summed E-state index contributed by atoms with van der Waals surface area (Å²) in [5.41, 5.74) is 0.948. The minimum absolute atomic E-state index is 0.235. The van der Waals surface area contributed by atoms with Crippen LogP contribution in [0.4, 0.5) is 0 Å². The molecule has 5 nitrogen and oxygen atoms in total. The molecule has 0 saturated heterocycles. The number of thioether (sulfide) groups is 1. The van der Waals surface area contributed by atoms with Gasteiger partial charge in [-0.2, -0.15) is 5.10 Å². The normalized spacial score (nSPS) is 12.1. The predicted octanol–water partition coefficient (Wildman–Crippen LogP) is 1.86. The Kier molecular flexibility index (Phi) is 4.57. The third-order valence-corrected chi connectivity index (χ3v) is 3.86. The first-order chi connectivity index (χ1) is 9.22. The highest BCUT2D eigenvalue weighted by molar-refractivity contribution is 7.99. The highest BCUT2D eigenvalue weighted by Gasteiger charge is 2.22. The van der Waals surface area contributed by atoms with Crippen LogP contribution in [-0.4, -0.2) is 33.6 Å². The summed E-state index contributed by atoms with van der Waals surface area (Å²) in [7, 11) is 3.23. The van der Waals surface area contributed by atoms with E-state index in [9.17, 15) is 4.79 Å². The summed E-state index contributed by atoms with van der Waals surface area (Å²) < 4.78 is 6.56. The average molecular weight is 277 g/mol. The quantitative estimate of drug-likeness (QED) is 0.617. The number of hydrogen-bond donors (Lipinski definition) is 0. The Balaban J connectivity index is 2.11. The number of carbonyl (C=O) groups is 1. The van der Waals surface area contributed by atoms with E-state index in [4.69, 9.17) is 4.74 Å². The van der Waals surface area contributed by atoms with Crippen LogP contribution in [0.2, 0.25) is 0 Å². The maximum absolute atomic E-state index is 11.9. The van der Waals surface area contributed by atoms with E-state index in [0.717, 1.165) is 10.7 Å². The Bertz CT molecular complexity index is 542. The van der Waals surface area contributed by atoms with Crippen LogP contribution in [0, 0.1) is 0 Å². The van der Waals surface area contributed by atoms with Crippen molar-refractivity contribution in [2.24, 2.45) is 7.05 Å². The zero-order chi connectivity index (χ0) is 13.7. The van der Waals surface area contributed by atoms with Gasteiger partial charge in [0.2, 0.25) is 0 Å². The maximum Gasteiger partial charge on any atom is 0.313 e. The van der Waals surface area contributed by atoms with Crippen LogP contribution in [-0.2, 0) is 16.6 Å². The number of aromatic nitrogens is 3. The monoisotopic (exact) mass is 277 g/mol. The number of carbonyl (C=O) groups excluding carboxylic acids is 1. The summed E-state index contributed by atoms with van der Waals surface area (Å²) in [6, 6.07) is 9.61. The molecule has 0 fully saturated rings. The van der Waals surface area contributed by atoms with Crippen LogP contribution in [0.5, 0.6) is 0 Å². The van der Waals surface area contributed by atoms with E-state index in [-0.39, 0.29) is 11.9 Å². The van der Waals surface area contributed by atoms with Crippen molar-refractivity contribution in [1.82, 2.24) is 14.8 Å². The Labute approximate surface area is 116 Å². The first-order valence-electron chi connectivity index (χ1n) is 5.82. The van der Waals surface area contributed by atoms with Crippen LogP contribution in [0.1, 0.15) is 11.5 Å². The standard InChI is InChI=1S/C13H15N3O2S/c1-16-13(14-9-15-16)19-8-11(12(17)18-2)10-6-4-3-5-7-10/h3-7,9,11H,8H2,1-2H3. The largest absolute Gasteiger partial charge is 0.469 e. The second-order valence-electron chi connectivity index (χ2n) is 3.96. The Morgan fingerprint density at radius 3 is 2.74 bits per heavy atom. The van der Waals surface area contributed by atoms with E-state index in [1.165, 1.54) is 25.2 Å². The van der Waals surface area contributed by atoms with Gasteiger partial charge in [-0.15, -0.1) is 0 Å². The summed E-state index contributed by atoms with van der Waals surface area (Å²) in [6.07, 6.45) is 1.50. The van der Waals surface area contributed by atoms with Gasteiger partial charge in [-0.1, -0.05) is 42.1 Å². The smallest absolute Gasteiger partial charge is 0.313 e. The Morgan fingerprint density at radius 2 is 2.16 bits per heavy atom. The lowest BCUT2D eigenvalue weighted by Gasteiger charge is -2.14. The van der Waals surface area contributed by atoms with Gasteiger partial charge in [-0.3, -0.25) is 4.79 Å². The van der Waals surface area contributed by atoms with Crippen LogP contribution < -0.4 is 0 Å². The van der Waals surface area contributed by atoms with Crippen molar-refractivity contribution in [2.75, 3.05) is 12.9 Å². The second-order valence-corrected chi connectivity index (χ2v) is 4.95. The fraction of sp³-hybridized carbons (Fsp3) is 0.308. The zero-order valence-corrected chi connectivity index (χ0v) is 11.6. The average Bonchev–Trinajstić information content (AvgIpc) is 2.85. The second kappa shape index (κ2) is 6.38. The third-order valence-electron chi connectivity index (χ3n) is 2.74. The molecule has 0 aliphatic carbocycles. The minimum atomic E-state index is -0.298. The predicted molar refractivity (Wildman–Crippen MR) is 72.9 cm³/mol. The van der Waals surface area contributed by atoms with E-state index >= 15 is 0 Å². The summed E-state index contributed by atoms with van der Waals surface area (Å²) in [4.78, 5) is 16.0. The Hall–Kier alpha value is -1.82. The molecule has 6 heteroatoms. The first-order valence-corrected chi connectivity index (χ1v) is 6.80. The van der Waals surface area contributed by atoms with Crippen molar-refractivity contribution in [3.05, 3.63) is 42.2 Å². The molecule has 0 aliphatic heterocycles. The van der Waals surface area contributed by atoms with Crippen molar-refractivity contribution in [2.45, 2.75) is 11.1 Å². The molecule has 0 saturated carbocycles. The number of rotatable bonds is 5. The topological polar surface area (TPSA) is 57.0 Å². The van der Waals surface area contributed by atoms with Gasteiger partial charge in [0.05, 0.1) is 13.0 Å². The van der Waals surface area contributed by atoms with Crippen LogP contribution in [0.3, 0.4) is 0 Å². The van der Waals surface area contributed by atoms with Gasteiger partial charge < -0.3 is 4.74 Å². The molecule has 1 unspecified atom stereocenters. The maximum atomic E-state index is 11.9. The first kappa shape index (κ1) is 13.6. The molecular formula is C13H15N3O2S.